The molecular formula is C17H17NO4. The third kappa shape index (κ3) is 4.43. The molecule has 0 spiro atoms. The van der Waals surface area contributed by atoms with Gasteiger partial charge in [0.2, 0.25) is 0 Å². The summed E-state index contributed by atoms with van der Waals surface area (Å²) in [4.78, 5) is 23.9. The minimum absolute atomic E-state index is 0.102. The summed E-state index contributed by atoms with van der Waals surface area (Å²) in [5, 5.41) is 11.7. The van der Waals surface area contributed by atoms with Crippen molar-refractivity contribution in [1.82, 2.24) is 5.32 Å². The number of ether oxygens (including phenoxy) is 1. The van der Waals surface area contributed by atoms with Crippen LogP contribution in [0.3, 0.4) is 0 Å². The molecule has 1 atom stereocenters. The Labute approximate surface area is 128 Å². The minimum atomic E-state index is -1.02. The Hall–Kier alpha value is -2.66. The number of hydrogen-bond acceptors (Lipinski definition) is 4. The summed E-state index contributed by atoms with van der Waals surface area (Å²) in [5.74, 6) is -0.361. The van der Waals surface area contributed by atoms with Gasteiger partial charge in [0.05, 0.1) is 6.61 Å². The molecule has 0 bridgehead atoms. The summed E-state index contributed by atoms with van der Waals surface area (Å²) in [6.07, 6.45) is -0.743. The van der Waals surface area contributed by atoms with Gasteiger partial charge in [0.15, 0.2) is 5.78 Å². The molecule has 5 heteroatoms. The molecule has 0 aliphatic carbocycles. The van der Waals surface area contributed by atoms with E-state index in [0.29, 0.717) is 5.56 Å². The van der Waals surface area contributed by atoms with Gasteiger partial charge in [-0.05, 0) is 5.56 Å². The predicted octanol–water partition coefficient (Wildman–Crippen LogP) is 2.16. The number of amides is 1. The lowest BCUT2D eigenvalue weighted by atomic mass is 10.1. The second kappa shape index (κ2) is 7.95. The van der Waals surface area contributed by atoms with Crippen LogP contribution in [0, 0.1) is 0 Å². The molecule has 2 rings (SSSR count). The second-order valence-corrected chi connectivity index (χ2v) is 4.67. The molecule has 0 heterocycles. The van der Waals surface area contributed by atoms with E-state index < -0.39 is 18.7 Å². The number of aliphatic hydroxyl groups is 1. The number of Topliss-reactive ketones (excluding diaryl/α,β-unsaturated/α-hetero) is 1. The van der Waals surface area contributed by atoms with Gasteiger partial charge in [0.1, 0.15) is 12.6 Å². The van der Waals surface area contributed by atoms with Crippen molar-refractivity contribution in [1.29, 1.82) is 0 Å². The zero-order valence-electron chi connectivity index (χ0n) is 11.9. The first-order valence-corrected chi connectivity index (χ1v) is 6.88. The van der Waals surface area contributed by atoms with Crippen LogP contribution in [0.1, 0.15) is 15.9 Å². The highest BCUT2D eigenvalue weighted by atomic mass is 16.5. The van der Waals surface area contributed by atoms with Gasteiger partial charge >= 0.3 is 6.09 Å². The number of rotatable bonds is 6. The Balaban J connectivity index is 1.89. The number of ketones is 1. The van der Waals surface area contributed by atoms with E-state index in [4.69, 9.17) is 4.74 Å². The van der Waals surface area contributed by atoms with Crippen molar-refractivity contribution in [3.8, 4) is 0 Å². The molecule has 0 fully saturated rings. The Morgan fingerprint density at radius 3 is 2.18 bits per heavy atom. The smallest absolute Gasteiger partial charge is 0.408 e. The number of carbonyl (C=O) groups is 2. The van der Waals surface area contributed by atoms with Gasteiger partial charge in [-0.2, -0.15) is 0 Å². The van der Waals surface area contributed by atoms with E-state index in [1.54, 1.807) is 30.3 Å². The summed E-state index contributed by atoms with van der Waals surface area (Å²) < 4.78 is 5.03. The zero-order valence-corrected chi connectivity index (χ0v) is 11.9. The maximum Gasteiger partial charge on any atom is 0.408 e. The number of nitrogens with one attached hydrogen (secondary N) is 1. The quantitative estimate of drug-likeness (QED) is 0.801. The molecule has 0 aliphatic heterocycles. The van der Waals surface area contributed by atoms with Crippen LogP contribution >= 0.6 is 0 Å². The molecule has 2 aromatic rings. The fourth-order valence-electron chi connectivity index (χ4n) is 1.90. The van der Waals surface area contributed by atoms with Crippen LogP contribution in [0.15, 0.2) is 60.7 Å². The first-order chi connectivity index (χ1) is 10.7. The average molecular weight is 299 g/mol. The van der Waals surface area contributed by atoms with Crippen LogP contribution in [0.25, 0.3) is 0 Å². The van der Waals surface area contributed by atoms with Crippen molar-refractivity contribution in [2.24, 2.45) is 0 Å². The van der Waals surface area contributed by atoms with Gasteiger partial charge in [0.25, 0.3) is 0 Å². The van der Waals surface area contributed by atoms with E-state index in [1.165, 1.54) is 0 Å². The third-order valence-corrected chi connectivity index (χ3v) is 3.06. The van der Waals surface area contributed by atoms with E-state index in [-0.39, 0.29) is 12.4 Å². The standard InChI is InChI=1S/C17H17NO4/c19-11-15(16(20)14-9-5-2-6-10-14)18-17(21)22-12-13-7-3-1-4-8-13/h1-10,15,19H,11-12H2,(H,18,21)/t15-/m1/s1. The zero-order chi connectivity index (χ0) is 15.8. The molecule has 0 aromatic heterocycles. The molecule has 5 nitrogen and oxygen atoms in total. The van der Waals surface area contributed by atoms with Crippen molar-refractivity contribution in [2.45, 2.75) is 12.6 Å². The largest absolute Gasteiger partial charge is 0.445 e. The Kier molecular flexibility index (Phi) is 5.68. The van der Waals surface area contributed by atoms with Gasteiger partial charge in [-0.15, -0.1) is 0 Å². The monoisotopic (exact) mass is 299 g/mol. The molecular weight excluding hydrogens is 282 g/mol. The van der Waals surface area contributed by atoms with Crippen molar-refractivity contribution >= 4 is 11.9 Å². The Morgan fingerprint density at radius 1 is 1.00 bits per heavy atom. The van der Waals surface area contributed by atoms with Crippen LogP contribution in [0.4, 0.5) is 4.79 Å². The average Bonchev–Trinajstić information content (AvgIpc) is 2.59. The van der Waals surface area contributed by atoms with Gasteiger partial charge in [-0.1, -0.05) is 60.7 Å². The number of hydrogen-bond donors (Lipinski definition) is 2. The SMILES string of the molecule is O=C(N[C@H](CO)C(=O)c1ccccc1)OCc1ccccc1. The fraction of sp³-hybridized carbons (Fsp3) is 0.176. The van der Waals surface area contributed by atoms with Crippen LogP contribution in [0.5, 0.6) is 0 Å². The highest BCUT2D eigenvalue weighted by Crippen LogP contribution is 2.05. The van der Waals surface area contributed by atoms with Crippen LogP contribution < -0.4 is 5.32 Å². The fourth-order valence-corrected chi connectivity index (χ4v) is 1.90. The highest BCUT2D eigenvalue weighted by Gasteiger charge is 2.21. The van der Waals surface area contributed by atoms with Crippen molar-refractivity contribution < 1.29 is 19.4 Å². The molecule has 1 amide bonds. The molecule has 0 radical (unpaired) electrons. The number of aliphatic hydroxyl groups excluding tert-OH is 1. The summed E-state index contributed by atoms with van der Waals surface area (Å²) in [7, 11) is 0. The van der Waals surface area contributed by atoms with E-state index in [2.05, 4.69) is 5.32 Å². The predicted molar refractivity (Wildman–Crippen MR) is 81.4 cm³/mol. The van der Waals surface area contributed by atoms with Crippen molar-refractivity contribution in [3.05, 3.63) is 71.8 Å². The van der Waals surface area contributed by atoms with E-state index in [0.717, 1.165) is 5.56 Å². The van der Waals surface area contributed by atoms with Gasteiger partial charge in [-0.25, -0.2) is 4.79 Å². The summed E-state index contributed by atoms with van der Waals surface area (Å²) in [5.41, 5.74) is 1.26. The Morgan fingerprint density at radius 2 is 1.59 bits per heavy atom. The molecule has 2 N–H and O–H groups in total. The Bertz CT molecular complexity index is 613. The number of benzene rings is 2. The molecule has 114 valence electrons. The highest BCUT2D eigenvalue weighted by molar-refractivity contribution is 6.01. The van der Waals surface area contributed by atoms with Crippen LogP contribution in [0.2, 0.25) is 0 Å². The lowest BCUT2D eigenvalue weighted by molar-refractivity contribution is 0.0864. The number of carbonyl (C=O) groups excluding carboxylic acids is 2. The summed E-state index contributed by atoms with van der Waals surface area (Å²) in [6.45, 7) is -0.390. The first-order valence-electron chi connectivity index (χ1n) is 6.88. The summed E-state index contributed by atoms with van der Waals surface area (Å²) in [6, 6.07) is 16.6. The van der Waals surface area contributed by atoms with Crippen LogP contribution in [-0.2, 0) is 11.3 Å². The lowest BCUT2D eigenvalue weighted by Gasteiger charge is -2.15. The van der Waals surface area contributed by atoms with Crippen molar-refractivity contribution in [3.63, 3.8) is 0 Å². The molecule has 2 aromatic carbocycles. The molecule has 0 unspecified atom stereocenters. The third-order valence-electron chi connectivity index (χ3n) is 3.06. The molecule has 0 saturated heterocycles. The number of alkyl carbamates (subject to hydrolysis) is 1. The molecule has 0 aliphatic rings. The maximum absolute atomic E-state index is 12.2. The van der Waals surface area contributed by atoms with Gasteiger partial charge in [0, 0.05) is 5.56 Å². The molecule has 22 heavy (non-hydrogen) atoms. The second-order valence-electron chi connectivity index (χ2n) is 4.67. The van der Waals surface area contributed by atoms with Crippen molar-refractivity contribution in [2.75, 3.05) is 6.61 Å². The van der Waals surface area contributed by atoms with E-state index >= 15 is 0 Å². The minimum Gasteiger partial charge on any atom is -0.445 e. The topological polar surface area (TPSA) is 75.6 Å². The van der Waals surface area contributed by atoms with Crippen LogP contribution in [-0.4, -0.2) is 29.6 Å². The van der Waals surface area contributed by atoms with E-state index in [9.17, 15) is 14.7 Å². The first kappa shape index (κ1) is 15.7. The molecule has 0 saturated carbocycles. The van der Waals surface area contributed by atoms with Gasteiger partial charge < -0.3 is 15.2 Å². The van der Waals surface area contributed by atoms with Gasteiger partial charge in [-0.3, -0.25) is 4.79 Å². The van der Waals surface area contributed by atoms with E-state index in [1.807, 2.05) is 30.3 Å². The summed E-state index contributed by atoms with van der Waals surface area (Å²) >= 11 is 0. The maximum atomic E-state index is 12.2. The normalized spacial score (nSPS) is 11.5. The lowest BCUT2D eigenvalue weighted by Crippen LogP contribution is -2.43.